The fourth-order valence-electron chi connectivity index (χ4n) is 2.33. The fraction of sp³-hybridized carbons (Fsp3) is 0. The van der Waals surface area contributed by atoms with Gasteiger partial charge in [-0.15, -0.1) is 10.2 Å². The van der Waals surface area contributed by atoms with Gasteiger partial charge in [0.25, 0.3) is 0 Å². The van der Waals surface area contributed by atoms with E-state index < -0.39 is 0 Å². The maximum Gasteiger partial charge on any atom is 0.180 e. The van der Waals surface area contributed by atoms with Gasteiger partial charge in [-0.25, -0.2) is 0 Å². The Labute approximate surface area is 119 Å². The van der Waals surface area contributed by atoms with Gasteiger partial charge in [0, 0.05) is 5.56 Å². The van der Waals surface area contributed by atoms with Crippen molar-refractivity contribution in [3.8, 4) is 11.4 Å². The molecule has 0 aliphatic rings. The van der Waals surface area contributed by atoms with Gasteiger partial charge in [0.15, 0.2) is 11.5 Å². The lowest BCUT2D eigenvalue weighted by molar-refractivity contribution is 1.11. The zero-order chi connectivity index (χ0) is 13.5. The van der Waals surface area contributed by atoms with Crippen molar-refractivity contribution in [1.82, 2.24) is 19.6 Å². The summed E-state index contributed by atoms with van der Waals surface area (Å²) in [7, 11) is 0. The van der Waals surface area contributed by atoms with E-state index in [1.165, 1.54) is 5.39 Å². The smallest absolute Gasteiger partial charge is 0.180 e. The van der Waals surface area contributed by atoms with Crippen LogP contribution in [0.3, 0.4) is 0 Å². The highest BCUT2D eigenvalue weighted by molar-refractivity contribution is 6.29. The van der Waals surface area contributed by atoms with Gasteiger partial charge in [-0.3, -0.25) is 9.38 Å². The second kappa shape index (κ2) is 4.28. The monoisotopic (exact) mass is 280 g/mol. The van der Waals surface area contributed by atoms with Crippen molar-refractivity contribution in [3.05, 3.63) is 60.0 Å². The summed E-state index contributed by atoms with van der Waals surface area (Å²) >= 11 is 6.19. The first-order valence-corrected chi connectivity index (χ1v) is 6.54. The highest BCUT2D eigenvalue weighted by Crippen LogP contribution is 2.25. The molecule has 0 saturated carbocycles. The lowest BCUT2D eigenvalue weighted by Crippen LogP contribution is -1.92. The summed E-state index contributed by atoms with van der Waals surface area (Å²) in [6, 6.07) is 14.4. The molecule has 0 N–H and O–H groups in total. The van der Waals surface area contributed by atoms with E-state index in [1.54, 1.807) is 16.8 Å². The van der Waals surface area contributed by atoms with E-state index in [0.29, 0.717) is 10.8 Å². The molecular formula is C15H9ClN4. The van der Waals surface area contributed by atoms with Crippen molar-refractivity contribution in [1.29, 1.82) is 0 Å². The Morgan fingerprint density at radius 1 is 0.900 bits per heavy atom. The molecule has 0 bridgehead atoms. The van der Waals surface area contributed by atoms with Crippen LogP contribution >= 0.6 is 11.6 Å². The molecule has 0 aliphatic heterocycles. The molecule has 0 spiro atoms. The van der Waals surface area contributed by atoms with E-state index in [2.05, 4.69) is 39.4 Å². The quantitative estimate of drug-likeness (QED) is 0.535. The van der Waals surface area contributed by atoms with Crippen LogP contribution in [-0.2, 0) is 0 Å². The third-order valence-corrected chi connectivity index (χ3v) is 3.55. The van der Waals surface area contributed by atoms with E-state index >= 15 is 0 Å². The van der Waals surface area contributed by atoms with Gasteiger partial charge in [-0.1, -0.05) is 48.0 Å². The Bertz CT molecular complexity index is 929. The van der Waals surface area contributed by atoms with Gasteiger partial charge in [0.05, 0.1) is 12.4 Å². The molecule has 0 atom stereocenters. The van der Waals surface area contributed by atoms with Gasteiger partial charge in [-0.2, -0.15) is 0 Å². The maximum absolute atomic E-state index is 6.19. The van der Waals surface area contributed by atoms with E-state index in [0.717, 1.165) is 16.8 Å². The Hall–Kier alpha value is -2.46. The van der Waals surface area contributed by atoms with Crippen LogP contribution in [0.15, 0.2) is 54.9 Å². The summed E-state index contributed by atoms with van der Waals surface area (Å²) in [6.07, 6.45) is 3.23. The molecule has 2 heterocycles. The number of aromatic nitrogens is 4. The third-order valence-electron chi connectivity index (χ3n) is 3.28. The average molecular weight is 281 g/mol. The molecule has 0 fully saturated rings. The molecule has 4 nitrogen and oxygen atoms in total. The number of fused-ring (bicyclic) bond motifs is 2. The van der Waals surface area contributed by atoms with Gasteiger partial charge < -0.3 is 0 Å². The molecule has 5 heteroatoms. The average Bonchev–Trinajstić information content (AvgIpc) is 2.92. The Morgan fingerprint density at radius 2 is 1.75 bits per heavy atom. The molecule has 4 rings (SSSR count). The molecule has 0 aliphatic carbocycles. The molecule has 0 amide bonds. The topological polar surface area (TPSA) is 43.1 Å². The van der Waals surface area contributed by atoms with Crippen LogP contribution in [0, 0.1) is 0 Å². The number of hydrogen-bond acceptors (Lipinski definition) is 3. The van der Waals surface area contributed by atoms with Crippen molar-refractivity contribution in [2.45, 2.75) is 0 Å². The van der Waals surface area contributed by atoms with Crippen LogP contribution in [0.1, 0.15) is 0 Å². The van der Waals surface area contributed by atoms with Gasteiger partial charge >= 0.3 is 0 Å². The molecule has 0 saturated heterocycles. The van der Waals surface area contributed by atoms with Gasteiger partial charge in [0.1, 0.15) is 5.15 Å². The summed E-state index contributed by atoms with van der Waals surface area (Å²) in [4.78, 5) is 4.01. The number of hydrogen-bond donors (Lipinski definition) is 0. The van der Waals surface area contributed by atoms with Crippen LogP contribution in [0.25, 0.3) is 27.8 Å². The highest BCUT2D eigenvalue weighted by atomic mass is 35.5. The maximum atomic E-state index is 6.19. The Kier molecular flexibility index (Phi) is 2.44. The van der Waals surface area contributed by atoms with Crippen LogP contribution < -0.4 is 0 Å². The summed E-state index contributed by atoms with van der Waals surface area (Å²) in [5.74, 6) is 0.721. The lowest BCUT2D eigenvalue weighted by atomic mass is 10.1. The predicted molar refractivity (Wildman–Crippen MR) is 78.7 cm³/mol. The minimum Gasteiger partial charge on any atom is -0.262 e. The standard InChI is InChI=1S/C15H9ClN4/c16-13-8-17-9-14-18-19-15(20(13)14)12-6-5-10-3-1-2-4-11(10)7-12/h1-9H. The number of halogens is 1. The summed E-state index contributed by atoms with van der Waals surface area (Å²) in [5.41, 5.74) is 1.62. The Morgan fingerprint density at radius 3 is 2.65 bits per heavy atom. The van der Waals surface area contributed by atoms with Crippen LogP contribution in [0.4, 0.5) is 0 Å². The van der Waals surface area contributed by atoms with E-state index in [1.807, 2.05) is 18.2 Å². The largest absolute Gasteiger partial charge is 0.262 e. The lowest BCUT2D eigenvalue weighted by Gasteiger charge is -2.03. The molecule has 0 radical (unpaired) electrons. The molecule has 2 aromatic carbocycles. The number of nitrogens with zero attached hydrogens (tertiary/aromatic N) is 4. The van der Waals surface area contributed by atoms with Crippen molar-refractivity contribution >= 4 is 28.0 Å². The molecular weight excluding hydrogens is 272 g/mol. The summed E-state index contributed by atoms with van der Waals surface area (Å²) in [5, 5.41) is 11.2. The normalized spacial score (nSPS) is 11.2. The van der Waals surface area contributed by atoms with Crippen LogP contribution in [0.5, 0.6) is 0 Å². The van der Waals surface area contributed by atoms with Crippen molar-refractivity contribution in [2.75, 3.05) is 0 Å². The predicted octanol–water partition coefficient (Wildman–Crippen LogP) is 3.60. The first-order chi connectivity index (χ1) is 9.83. The zero-order valence-electron chi connectivity index (χ0n) is 10.4. The van der Waals surface area contributed by atoms with E-state index in [-0.39, 0.29) is 0 Å². The number of benzene rings is 2. The van der Waals surface area contributed by atoms with Crippen LogP contribution in [-0.4, -0.2) is 19.6 Å². The first-order valence-electron chi connectivity index (χ1n) is 6.17. The fourth-order valence-corrected chi connectivity index (χ4v) is 2.55. The molecule has 96 valence electrons. The first kappa shape index (κ1) is 11.4. The van der Waals surface area contributed by atoms with Crippen LogP contribution in [0.2, 0.25) is 5.15 Å². The molecule has 4 aromatic rings. The molecule has 0 unspecified atom stereocenters. The van der Waals surface area contributed by atoms with Gasteiger partial charge in [0.2, 0.25) is 0 Å². The van der Waals surface area contributed by atoms with E-state index in [4.69, 9.17) is 11.6 Å². The van der Waals surface area contributed by atoms with Crippen molar-refractivity contribution in [2.24, 2.45) is 0 Å². The van der Waals surface area contributed by atoms with Crippen molar-refractivity contribution < 1.29 is 0 Å². The Balaban J connectivity index is 2.01. The van der Waals surface area contributed by atoms with Crippen molar-refractivity contribution in [3.63, 3.8) is 0 Å². The second-order valence-corrected chi connectivity index (χ2v) is 4.90. The minimum atomic E-state index is 0.496. The third kappa shape index (κ3) is 1.66. The minimum absolute atomic E-state index is 0.496. The molecule has 2 aromatic heterocycles. The highest BCUT2D eigenvalue weighted by Gasteiger charge is 2.11. The summed E-state index contributed by atoms with van der Waals surface area (Å²) in [6.45, 7) is 0. The van der Waals surface area contributed by atoms with E-state index in [9.17, 15) is 0 Å². The second-order valence-electron chi connectivity index (χ2n) is 4.51. The number of rotatable bonds is 1. The van der Waals surface area contributed by atoms with Gasteiger partial charge in [-0.05, 0) is 16.8 Å². The molecule has 20 heavy (non-hydrogen) atoms. The SMILES string of the molecule is Clc1cncc2nnc(-c3ccc4ccccc4c3)n12. The zero-order valence-corrected chi connectivity index (χ0v) is 11.1. The summed E-state index contributed by atoms with van der Waals surface area (Å²) < 4.78 is 1.79.